The molecule has 120 valence electrons. The van der Waals surface area contributed by atoms with Gasteiger partial charge in [-0.15, -0.1) is 0 Å². The third kappa shape index (κ3) is 5.38. The van der Waals surface area contributed by atoms with E-state index >= 15 is 0 Å². The molecule has 0 aliphatic heterocycles. The Labute approximate surface area is 132 Å². The lowest BCUT2D eigenvalue weighted by Gasteiger charge is -2.19. The number of anilines is 1. The van der Waals surface area contributed by atoms with E-state index in [0.717, 1.165) is 12.0 Å². The van der Waals surface area contributed by atoms with E-state index in [1.807, 2.05) is 39.8 Å². The first-order chi connectivity index (χ1) is 10.3. The molecule has 0 bridgehead atoms. The summed E-state index contributed by atoms with van der Waals surface area (Å²) in [6.07, 6.45) is 0.721. The first kappa shape index (κ1) is 18.0. The predicted octanol–water partition coefficient (Wildman–Crippen LogP) is 3.02. The lowest BCUT2D eigenvalue weighted by molar-refractivity contribution is 0.214. The summed E-state index contributed by atoms with van der Waals surface area (Å²) in [5.41, 5.74) is 0.991. The predicted molar refractivity (Wildman–Crippen MR) is 87.6 cm³/mol. The highest BCUT2D eigenvalue weighted by atomic mass is 16.3. The van der Waals surface area contributed by atoms with Gasteiger partial charge in [0.2, 0.25) is 0 Å². The number of urea groups is 1. The van der Waals surface area contributed by atoms with E-state index in [0.29, 0.717) is 11.6 Å². The van der Waals surface area contributed by atoms with E-state index < -0.39 is 5.41 Å². The third-order valence-corrected chi connectivity index (χ3v) is 3.46. The standard InChI is InChI=1S/C17H25N3O2/c1-12(2)9-15(10-21)20-16(22)19-14-7-5-13(6-8-14)17(3,4)11-18/h5-8,12,15,21H,9-10H2,1-4H3,(H2,19,20,22). The smallest absolute Gasteiger partial charge is 0.319 e. The van der Waals surface area contributed by atoms with Gasteiger partial charge in [0.15, 0.2) is 0 Å². The Balaban J connectivity index is 2.64. The van der Waals surface area contributed by atoms with E-state index in [2.05, 4.69) is 16.7 Å². The summed E-state index contributed by atoms with van der Waals surface area (Å²) in [5, 5.41) is 23.9. The summed E-state index contributed by atoms with van der Waals surface area (Å²) in [4.78, 5) is 11.9. The van der Waals surface area contributed by atoms with Gasteiger partial charge >= 0.3 is 6.03 Å². The van der Waals surface area contributed by atoms with Gasteiger partial charge < -0.3 is 15.7 Å². The molecule has 0 saturated carbocycles. The van der Waals surface area contributed by atoms with Crippen LogP contribution in [0.2, 0.25) is 0 Å². The molecule has 22 heavy (non-hydrogen) atoms. The van der Waals surface area contributed by atoms with Gasteiger partial charge in [-0.25, -0.2) is 4.79 Å². The zero-order valence-corrected chi connectivity index (χ0v) is 13.7. The van der Waals surface area contributed by atoms with Crippen LogP contribution in [0.3, 0.4) is 0 Å². The number of aliphatic hydroxyl groups excluding tert-OH is 1. The van der Waals surface area contributed by atoms with E-state index in [1.165, 1.54) is 0 Å². The molecule has 1 atom stereocenters. The topological polar surface area (TPSA) is 85.2 Å². The van der Waals surface area contributed by atoms with Crippen LogP contribution in [0.25, 0.3) is 0 Å². The zero-order chi connectivity index (χ0) is 16.8. The maximum Gasteiger partial charge on any atom is 0.319 e. The van der Waals surface area contributed by atoms with Crippen molar-refractivity contribution in [3.8, 4) is 6.07 Å². The number of amides is 2. The van der Waals surface area contributed by atoms with Gasteiger partial charge in [-0.2, -0.15) is 5.26 Å². The van der Waals surface area contributed by atoms with Crippen LogP contribution in [-0.4, -0.2) is 23.8 Å². The van der Waals surface area contributed by atoms with Crippen LogP contribution in [0.4, 0.5) is 10.5 Å². The zero-order valence-electron chi connectivity index (χ0n) is 13.7. The number of carbonyl (C=O) groups excluding carboxylic acids is 1. The van der Waals surface area contributed by atoms with Crippen molar-refractivity contribution in [2.45, 2.75) is 45.6 Å². The Kier molecular flexibility index (Phi) is 6.39. The van der Waals surface area contributed by atoms with Crippen LogP contribution in [0.5, 0.6) is 0 Å². The Morgan fingerprint density at radius 1 is 1.32 bits per heavy atom. The molecule has 1 rings (SSSR count). The molecule has 0 aliphatic carbocycles. The Bertz CT molecular complexity index is 530. The van der Waals surface area contributed by atoms with Gasteiger partial charge in [0, 0.05) is 5.69 Å². The van der Waals surface area contributed by atoms with E-state index in [-0.39, 0.29) is 18.7 Å². The molecule has 5 heteroatoms. The fourth-order valence-electron chi connectivity index (χ4n) is 2.14. The molecule has 0 saturated heterocycles. The van der Waals surface area contributed by atoms with E-state index in [9.17, 15) is 9.90 Å². The van der Waals surface area contributed by atoms with Crippen molar-refractivity contribution < 1.29 is 9.90 Å². The summed E-state index contributed by atoms with van der Waals surface area (Å²) in [6, 6.07) is 8.84. The molecule has 0 aromatic heterocycles. The van der Waals surface area contributed by atoms with Crippen LogP contribution in [0.1, 0.15) is 39.7 Å². The lowest BCUT2D eigenvalue weighted by atomic mass is 9.86. The SMILES string of the molecule is CC(C)CC(CO)NC(=O)Nc1ccc(C(C)(C)C#N)cc1. The van der Waals surface area contributed by atoms with E-state index in [4.69, 9.17) is 5.26 Å². The molecule has 0 aliphatic rings. The van der Waals surface area contributed by atoms with Crippen molar-refractivity contribution >= 4 is 11.7 Å². The van der Waals surface area contributed by atoms with Gasteiger partial charge in [0.1, 0.15) is 0 Å². The third-order valence-electron chi connectivity index (χ3n) is 3.46. The summed E-state index contributed by atoms with van der Waals surface area (Å²) in [6.45, 7) is 7.69. The van der Waals surface area contributed by atoms with Gasteiger partial charge in [-0.05, 0) is 43.9 Å². The lowest BCUT2D eigenvalue weighted by Crippen LogP contribution is -2.40. The number of nitrogens with zero attached hydrogens (tertiary/aromatic N) is 1. The molecule has 1 aromatic rings. The average Bonchev–Trinajstić information content (AvgIpc) is 2.46. The summed E-state index contributed by atoms with van der Waals surface area (Å²) < 4.78 is 0. The molecule has 5 nitrogen and oxygen atoms in total. The molecule has 0 fully saturated rings. The van der Waals surface area contributed by atoms with Crippen LogP contribution in [0.15, 0.2) is 24.3 Å². The highest BCUT2D eigenvalue weighted by Crippen LogP contribution is 2.23. The fraction of sp³-hybridized carbons (Fsp3) is 0.529. The van der Waals surface area contributed by atoms with Crippen LogP contribution >= 0.6 is 0 Å². The number of hydrogen-bond donors (Lipinski definition) is 3. The summed E-state index contributed by atoms with van der Waals surface area (Å²) in [7, 11) is 0. The largest absolute Gasteiger partial charge is 0.394 e. The molecule has 0 spiro atoms. The highest BCUT2D eigenvalue weighted by molar-refractivity contribution is 5.89. The second kappa shape index (κ2) is 7.81. The number of hydrogen-bond acceptors (Lipinski definition) is 3. The molecular weight excluding hydrogens is 278 g/mol. The van der Waals surface area contributed by atoms with Crippen LogP contribution < -0.4 is 10.6 Å². The van der Waals surface area contributed by atoms with Crippen molar-refractivity contribution in [1.29, 1.82) is 5.26 Å². The van der Waals surface area contributed by atoms with Gasteiger partial charge in [0.25, 0.3) is 0 Å². The Hall–Kier alpha value is -2.06. The number of carbonyl (C=O) groups is 1. The van der Waals surface area contributed by atoms with Gasteiger partial charge in [0.05, 0.1) is 24.1 Å². The molecule has 0 heterocycles. The second-order valence-electron chi connectivity index (χ2n) is 6.42. The molecule has 1 unspecified atom stereocenters. The first-order valence-electron chi connectivity index (χ1n) is 7.48. The number of aliphatic hydroxyl groups is 1. The van der Waals surface area contributed by atoms with Crippen LogP contribution in [0, 0.1) is 17.2 Å². The van der Waals surface area contributed by atoms with Crippen molar-refractivity contribution in [1.82, 2.24) is 5.32 Å². The van der Waals surface area contributed by atoms with Gasteiger partial charge in [-0.1, -0.05) is 26.0 Å². The highest BCUT2D eigenvalue weighted by Gasteiger charge is 2.19. The monoisotopic (exact) mass is 303 g/mol. The van der Waals surface area contributed by atoms with E-state index in [1.54, 1.807) is 12.1 Å². The quantitative estimate of drug-likeness (QED) is 0.755. The Morgan fingerprint density at radius 3 is 2.36 bits per heavy atom. The summed E-state index contributed by atoms with van der Waals surface area (Å²) >= 11 is 0. The molecule has 0 radical (unpaired) electrons. The fourth-order valence-corrected chi connectivity index (χ4v) is 2.14. The van der Waals surface area contributed by atoms with Gasteiger partial charge in [-0.3, -0.25) is 0 Å². The molecular formula is C17H25N3O2. The van der Waals surface area contributed by atoms with Crippen LogP contribution in [-0.2, 0) is 5.41 Å². The number of rotatable bonds is 6. The second-order valence-corrected chi connectivity index (χ2v) is 6.42. The molecule has 3 N–H and O–H groups in total. The normalized spacial score (nSPS) is 12.6. The van der Waals surface area contributed by atoms with Crippen molar-refractivity contribution in [3.63, 3.8) is 0 Å². The average molecular weight is 303 g/mol. The first-order valence-corrected chi connectivity index (χ1v) is 7.48. The molecule has 2 amide bonds. The summed E-state index contributed by atoms with van der Waals surface area (Å²) in [5.74, 6) is 0.393. The Morgan fingerprint density at radius 2 is 1.91 bits per heavy atom. The van der Waals surface area contributed by atoms with Crippen molar-refractivity contribution in [2.75, 3.05) is 11.9 Å². The molecule has 1 aromatic carbocycles. The number of benzene rings is 1. The number of nitriles is 1. The maximum atomic E-state index is 11.9. The minimum absolute atomic E-state index is 0.0824. The van der Waals surface area contributed by atoms with Crippen molar-refractivity contribution in [3.05, 3.63) is 29.8 Å². The maximum absolute atomic E-state index is 11.9. The number of nitrogens with one attached hydrogen (secondary N) is 2. The van der Waals surface area contributed by atoms with Crippen molar-refractivity contribution in [2.24, 2.45) is 5.92 Å². The minimum Gasteiger partial charge on any atom is -0.394 e. The minimum atomic E-state index is -0.556.